The molecule has 2 aromatic carbocycles. The first-order chi connectivity index (χ1) is 15.6. The van der Waals surface area contributed by atoms with E-state index < -0.39 is 11.5 Å². The van der Waals surface area contributed by atoms with Crippen LogP contribution in [0.3, 0.4) is 0 Å². The van der Waals surface area contributed by atoms with Crippen molar-refractivity contribution in [3.63, 3.8) is 0 Å². The summed E-state index contributed by atoms with van der Waals surface area (Å²) in [5.74, 6) is -0.251. The molecule has 0 aliphatic carbocycles. The van der Waals surface area contributed by atoms with Gasteiger partial charge in [0, 0.05) is 42.6 Å². The van der Waals surface area contributed by atoms with Crippen molar-refractivity contribution in [2.24, 2.45) is 7.05 Å². The topological polar surface area (TPSA) is 80.1 Å². The van der Waals surface area contributed by atoms with Gasteiger partial charge in [-0.05, 0) is 29.5 Å². The summed E-state index contributed by atoms with van der Waals surface area (Å²) in [6.45, 7) is 0.449. The average molecular weight is 423 g/mol. The lowest BCUT2D eigenvalue weighted by molar-refractivity contribution is -0.121. The highest BCUT2D eigenvalue weighted by Crippen LogP contribution is 2.54. The van der Waals surface area contributed by atoms with Crippen molar-refractivity contribution in [1.29, 1.82) is 0 Å². The number of hydrogen-bond acceptors (Lipinski definition) is 4. The molecular formula is C25H21N5O2. The van der Waals surface area contributed by atoms with Gasteiger partial charge in [-0.1, -0.05) is 42.5 Å². The number of nitrogens with zero attached hydrogens (tertiary/aromatic N) is 4. The number of hydrogen-bond donors (Lipinski definition) is 1. The zero-order valence-corrected chi connectivity index (χ0v) is 17.5. The third-order valence-electron chi connectivity index (χ3n) is 6.76. The Kier molecular flexibility index (Phi) is 3.95. The van der Waals surface area contributed by atoms with Crippen LogP contribution in [-0.4, -0.2) is 38.0 Å². The van der Waals surface area contributed by atoms with Gasteiger partial charge in [0.15, 0.2) is 0 Å². The van der Waals surface area contributed by atoms with E-state index in [0.29, 0.717) is 18.7 Å². The molecule has 2 aliphatic rings. The first kappa shape index (κ1) is 18.7. The minimum Gasteiger partial charge on any atom is -0.329 e. The Bertz CT molecular complexity index is 1390. The quantitative estimate of drug-likeness (QED) is 0.536. The van der Waals surface area contributed by atoms with E-state index in [2.05, 4.69) is 15.4 Å². The number of para-hydroxylation sites is 1. The van der Waals surface area contributed by atoms with Gasteiger partial charge in [0.25, 0.3) is 5.91 Å². The second-order valence-corrected chi connectivity index (χ2v) is 8.45. The average Bonchev–Trinajstić information content (AvgIpc) is 3.50. The van der Waals surface area contributed by atoms with Crippen LogP contribution in [0.5, 0.6) is 0 Å². The molecule has 1 saturated heterocycles. The van der Waals surface area contributed by atoms with E-state index in [1.54, 1.807) is 22.0 Å². The number of rotatable bonds is 2. The number of fused-ring (bicyclic) bond motifs is 3. The molecule has 1 spiro atoms. The Morgan fingerprint density at radius 1 is 1.12 bits per heavy atom. The van der Waals surface area contributed by atoms with Crippen molar-refractivity contribution in [1.82, 2.24) is 19.7 Å². The van der Waals surface area contributed by atoms with Crippen LogP contribution in [0, 0.1) is 0 Å². The van der Waals surface area contributed by atoms with E-state index >= 15 is 0 Å². The van der Waals surface area contributed by atoms with E-state index in [-0.39, 0.29) is 11.8 Å². The Morgan fingerprint density at radius 3 is 2.78 bits per heavy atom. The molecule has 4 aromatic rings. The maximum Gasteiger partial charge on any atom is 0.273 e. The molecule has 6 rings (SSSR count). The molecule has 4 heterocycles. The highest BCUT2D eigenvalue weighted by Gasteiger charge is 2.59. The third-order valence-corrected chi connectivity index (χ3v) is 6.76. The van der Waals surface area contributed by atoms with Crippen LogP contribution in [0.25, 0.3) is 10.8 Å². The van der Waals surface area contributed by atoms with Gasteiger partial charge in [-0.2, -0.15) is 5.10 Å². The van der Waals surface area contributed by atoms with Crippen LogP contribution >= 0.6 is 0 Å². The molecule has 2 unspecified atom stereocenters. The lowest BCUT2D eigenvalue weighted by Gasteiger charge is -2.33. The van der Waals surface area contributed by atoms with Crippen LogP contribution in [0.1, 0.15) is 34.1 Å². The van der Waals surface area contributed by atoms with E-state index in [0.717, 1.165) is 27.6 Å². The third kappa shape index (κ3) is 2.48. The minimum absolute atomic E-state index is 0.0752. The fraction of sp³-hybridized carbons (Fsp3) is 0.200. The minimum atomic E-state index is -0.861. The zero-order valence-electron chi connectivity index (χ0n) is 17.5. The summed E-state index contributed by atoms with van der Waals surface area (Å²) in [4.78, 5) is 33.6. The SMILES string of the molecule is Cn1cc(C2N(C(=O)c3nccc4ccccc34)CCC23C(=O)Nc2ccccc23)cn1. The van der Waals surface area contributed by atoms with E-state index in [1.807, 2.05) is 67.8 Å². The Hall–Kier alpha value is -4.00. The Balaban J connectivity index is 1.53. The standard InChI is InChI=1S/C25H21N5O2/c1-29-15-17(14-27-29)22-25(19-8-4-5-9-20(19)28-24(25)32)11-13-30(22)23(31)21-18-7-3-2-6-16(18)10-12-26-21/h2-10,12,14-15,22H,11,13H2,1H3,(H,28,32). The lowest BCUT2D eigenvalue weighted by atomic mass is 9.73. The van der Waals surface area contributed by atoms with Crippen LogP contribution in [0.15, 0.2) is 73.2 Å². The van der Waals surface area contributed by atoms with Gasteiger partial charge in [0.05, 0.1) is 12.2 Å². The summed E-state index contributed by atoms with van der Waals surface area (Å²) in [7, 11) is 1.84. The summed E-state index contributed by atoms with van der Waals surface area (Å²) >= 11 is 0. The smallest absolute Gasteiger partial charge is 0.273 e. The molecule has 32 heavy (non-hydrogen) atoms. The van der Waals surface area contributed by atoms with E-state index in [4.69, 9.17) is 0 Å². The number of nitrogens with one attached hydrogen (secondary N) is 1. The summed E-state index contributed by atoms with van der Waals surface area (Å²) in [5, 5.41) is 9.16. The van der Waals surface area contributed by atoms with Crippen molar-refractivity contribution in [3.05, 3.63) is 90.0 Å². The number of aryl methyl sites for hydroxylation is 1. The lowest BCUT2D eigenvalue weighted by Crippen LogP contribution is -2.42. The van der Waals surface area contributed by atoms with Crippen LogP contribution in [0.4, 0.5) is 5.69 Å². The predicted molar refractivity (Wildman–Crippen MR) is 120 cm³/mol. The molecule has 1 fully saturated rings. The van der Waals surface area contributed by atoms with Crippen molar-refractivity contribution in [2.45, 2.75) is 17.9 Å². The number of amides is 2. The first-order valence-corrected chi connectivity index (χ1v) is 10.6. The number of pyridine rings is 1. The van der Waals surface area contributed by atoms with Gasteiger partial charge in [-0.25, -0.2) is 0 Å². The number of carbonyl (C=O) groups excluding carboxylic acids is 2. The first-order valence-electron chi connectivity index (χ1n) is 10.6. The molecule has 2 aromatic heterocycles. The number of benzene rings is 2. The monoisotopic (exact) mass is 423 g/mol. The predicted octanol–water partition coefficient (Wildman–Crippen LogP) is 3.45. The molecule has 0 radical (unpaired) electrons. The summed E-state index contributed by atoms with van der Waals surface area (Å²) in [6, 6.07) is 16.9. The number of carbonyl (C=O) groups is 2. The fourth-order valence-electron chi connectivity index (χ4n) is 5.38. The fourth-order valence-corrected chi connectivity index (χ4v) is 5.38. The van der Waals surface area contributed by atoms with E-state index in [1.165, 1.54) is 0 Å². The van der Waals surface area contributed by atoms with Crippen LogP contribution in [-0.2, 0) is 17.3 Å². The highest BCUT2D eigenvalue weighted by atomic mass is 16.2. The molecule has 2 aliphatic heterocycles. The van der Waals surface area contributed by atoms with Crippen molar-refractivity contribution in [3.8, 4) is 0 Å². The molecule has 0 saturated carbocycles. The molecule has 1 N–H and O–H groups in total. The summed E-state index contributed by atoms with van der Waals surface area (Å²) in [5.41, 5.74) is 2.12. The maximum absolute atomic E-state index is 13.9. The van der Waals surface area contributed by atoms with Gasteiger partial charge in [0.1, 0.15) is 11.1 Å². The maximum atomic E-state index is 13.9. The van der Waals surface area contributed by atoms with Crippen LogP contribution in [0.2, 0.25) is 0 Å². The second-order valence-electron chi connectivity index (χ2n) is 8.45. The van der Waals surface area contributed by atoms with E-state index in [9.17, 15) is 9.59 Å². The Labute approximate surface area is 184 Å². The summed E-state index contributed by atoms with van der Waals surface area (Å²) in [6.07, 6.45) is 5.84. The Morgan fingerprint density at radius 2 is 1.94 bits per heavy atom. The van der Waals surface area contributed by atoms with Crippen molar-refractivity contribution >= 4 is 28.3 Å². The molecular weight excluding hydrogens is 402 g/mol. The van der Waals surface area contributed by atoms with Crippen molar-refractivity contribution in [2.75, 3.05) is 11.9 Å². The van der Waals surface area contributed by atoms with Gasteiger partial charge >= 0.3 is 0 Å². The van der Waals surface area contributed by atoms with Gasteiger partial charge < -0.3 is 10.2 Å². The molecule has 7 heteroatoms. The van der Waals surface area contributed by atoms with Gasteiger partial charge in [-0.15, -0.1) is 0 Å². The zero-order chi connectivity index (χ0) is 21.9. The van der Waals surface area contributed by atoms with Crippen molar-refractivity contribution < 1.29 is 9.59 Å². The number of aromatic nitrogens is 3. The molecule has 2 amide bonds. The second kappa shape index (κ2) is 6.75. The molecule has 2 atom stereocenters. The molecule has 0 bridgehead atoms. The number of likely N-dealkylation sites (tertiary alicyclic amines) is 1. The van der Waals surface area contributed by atoms with Gasteiger partial charge in [0.2, 0.25) is 5.91 Å². The summed E-state index contributed by atoms with van der Waals surface area (Å²) < 4.78 is 1.71. The molecule has 158 valence electrons. The van der Waals surface area contributed by atoms with Gasteiger partial charge in [-0.3, -0.25) is 19.3 Å². The largest absolute Gasteiger partial charge is 0.329 e. The normalized spacial score (nSPS) is 21.8. The number of anilines is 1. The molecule has 7 nitrogen and oxygen atoms in total. The van der Waals surface area contributed by atoms with Crippen LogP contribution < -0.4 is 5.32 Å². The highest BCUT2D eigenvalue weighted by molar-refractivity contribution is 6.09.